The van der Waals surface area contributed by atoms with Gasteiger partial charge >= 0.3 is 11.7 Å². The zero-order valence-electron chi connectivity index (χ0n) is 9.48. The minimum absolute atomic E-state index is 0.339. The van der Waals surface area contributed by atoms with Crippen molar-refractivity contribution in [3.05, 3.63) is 46.5 Å². The number of para-hydroxylation sites is 2. The molecule has 1 aromatic carbocycles. The van der Waals surface area contributed by atoms with Crippen LogP contribution in [-0.4, -0.2) is 29.6 Å². The summed E-state index contributed by atoms with van der Waals surface area (Å²) in [6.07, 6.45) is 0. The molecule has 19 heavy (non-hydrogen) atoms. The lowest BCUT2D eigenvalue weighted by molar-refractivity contribution is -0.385. The minimum atomic E-state index is -4.42. The van der Waals surface area contributed by atoms with Crippen LogP contribution in [-0.2, 0) is 14.9 Å². The maximum Gasteiger partial charge on any atom is 0.340 e. The molecule has 0 aliphatic rings. The monoisotopic (exact) mass is 287 g/mol. The van der Waals surface area contributed by atoms with Crippen molar-refractivity contribution in [2.45, 2.75) is 0 Å². The van der Waals surface area contributed by atoms with Crippen LogP contribution in [0, 0.1) is 10.1 Å². The fraction of sp³-hybridized carbons (Fsp3) is 0.100. The van der Waals surface area contributed by atoms with E-state index in [1.165, 1.54) is 18.2 Å². The second-order valence-electron chi connectivity index (χ2n) is 3.44. The molecule has 0 radical (unpaired) electrons. The number of ether oxygens (including phenoxy) is 1. The Morgan fingerprint density at radius 1 is 1.42 bits per heavy atom. The van der Waals surface area contributed by atoms with Crippen LogP contribution in [0.1, 0.15) is 0 Å². The summed E-state index contributed by atoms with van der Waals surface area (Å²) in [6.45, 7) is 3.13. The molecule has 0 aromatic heterocycles. The highest BCUT2D eigenvalue weighted by Crippen LogP contribution is 2.26. The number of nitro benzene ring substituents is 1. The van der Waals surface area contributed by atoms with E-state index in [9.17, 15) is 23.3 Å². The van der Waals surface area contributed by atoms with Gasteiger partial charge in [0, 0.05) is 11.6 Å². The van der Waals surface area contributed by atoms with Gasteiger partial charge in [-0.2, -0.15) is 8.42 Å². The number of nitrogens with zero attached hydrogens (tertiary/aromatic N) is 1. The largest absolute Gasteiger partial charge is 0.416 e. The summed E-state index contributed by atoms with van der Waals surface area (Å²) in [6, 6.07) is 5.08. The molecule has 1 N–H and O–H groups in total. The summed E-state index contributed by atoms with van der Waals surface area (Å²) in [4.78, 5) is 21.3. The first kappa shape index (κ1) is 14.8. The van der Waals surface area contributed by atoms with Crippen molar-refractivity contribution in [3.8, 4) is 5.75 Å². The molecule has 0 saturated carbocycles. The van der Waals surface area contributed by atoms with Crippen molar-refractivity contribution < 1.29 is 27.4 Å². The van der Waals surface area contributed by atoms with E-state index in [0.29, 0.717) is 0 Å². The highest BCUT2D eigenvalue weighted by molar-refractivity contribution is 7.86. The smallest absolute Gasteiger partial charge is 0.340 e. The fourth-order valence-corrected chi connectivity index (χ4v) is 1.70. The third-order valence-corrected chi connectivity index (χ3v) is 2.62. The van der Waals surface area contributed by atoms with Gasteiger partial charge in [0.25, 0.3) is 10.1 Å². The van der Waals surface area contributed by atoms with Crippen LogP contribution in [0.15, 0.2) is 36.4 Å². The molecule has 102 valence electrons. The van der Waals surface area contributed by atoms with Gasteiger partial charge < -0.3 is 4.74 Å². The number of rotatable bonds is 5. The maximum absolute atomic E-state index is 11.4. The van der Waals surface area contributed by atoms with E-state index in [2.05, 4.69) is 11.3 Å². The quantitative estimate of drug-likeness (QED) is 0.213. The molecule has 0 aliphatic heterocycles. The van der Waals surface area contributed by atoms with E-state index in [4.69, 9.17) is 4.55 Å². The molecule has 0 unspecified atom stereocenters. The third-order valence-electron chi connectivity index (χ3n) is 1.91. The summed E-state index contributed by atoms with van der Waals surface area (Å²) < 4.78 is 34.3. The normalized spacial score (nSPS) is 10.8. The Bertz CT molecular complexity index is 635. The van der Waals surface area contributed by atoms with Gasteiger partial charge in [-0.1, -0.05) is 18.7 Å². The minimum Gasteiger partial charge on any atom is -0.416 e. The first-order valence-electron chi connectivity index (χ1n) is 4.79. The summed E-state index contributed by atoms with van der Waals surface area (Å²) in [5.41, 5.74) is -0.990. The second kappa shape index (κ2) is 5.59. The molecule has 0 atom stereocenters. The zero-order valence-corrected chi connectivity index (χ0v) is 10.3. The Morgan fingerprint density at radius 2 is 2.00 bits per heavy atom. The molecule has 9 heteroatoms. The first-order chi connectivity index (χ1) is 8.70. The number of hydrogen-bond donors (Lipinski definition) is 1. The lowest BCUT2D eigenvalue weighted by atomic mass is 10.3. The number of hydrogen-bond acceptors (Lipinski definition) is 6. The Balaban J connectivity index is 2.89. The summed E-state index contributed by atoms with van der Waals surface area (Å²) in [5.74, 6) is -2.52. The highest BCUT2D eigenvalue weighted by Gasteiger charge is 2.21. The Hall–Kier alpha value is -2.26. The fourth-order valence-electron chi connectivity index (χ4n) is 1.15. The second-order valence-corrected chi connectivity index (χ2v) is 4.90. The summed E-state index contributed by atoms with van der Waals surface area (Å²) >= 11 is 0. The van der Waals surface area contributed by atoms with Crippen molar-refractivity contribution in [2.75, 3.05) is 5.75 Å². The van der Waals surface area contributed by atoms with Gasteiger partial charge in [0.1, 0.15) is 5.75 Å². The molecule has 0 amide bonds. The summed E-state index contributed by atoms with van der Waals surface area (Å²) in [5, 5.41) is 10.7. The molecule has 1 rings (SSSR count). The highest BCUT2D eigenvalue weighted by atomic mass is 32.2. The Morgan fingerprint density at radius 3 is 2.53 bits per heavy atom. The lowest BCUT2D eigenvalue weighted by Gasteiger charge is -2.05. The van der Waals surface area contributed by atoms with Crippen LogP contribution in [0.25, 0.3) is 0 Å². The lowest BCUT2D eigenvalue weighted by Crippen LogP contribution is -2.18. The van der Waals surface area contributed by atoms with E-state index in [0.717, 1.165) is 6.07 Å². The molecule has 0 fully saturated rings. The average Bonchev–Trinajstić information content (AvgIpc) is 2.27. The zero-order chi connectivity index (χ0) is 14.6. The molecule has 0 spiro atoms. The average molecular weight is 287 g/mol. The van der Waals surface area contributed by atoms with Crippen LogP contribution in [0.3, 0.4) is 0 Å². The van der Waals surface area contributed by atoms with E-state index >= 15 is 0 Å². The number of esters is 1. The van der Waals surface area contributed by atoms with Crippen LogP contribution in [0.2, 0.25) is 0 Å². The van der Waals surface area contributed by atoms with E-state index in [-0.39, 0.29) is 5.75 Å². The van der Waals surface area contributed by atoms with Crippen LogP contribution >= 0.6 is 0 Å². The molecular weight excluding hydrogens is 278 g/mol. The third kappa shape index (κ3) is 4.48. The molecule has 0 heterocycles. The SMILES string of the molecule is C=C(CS(=O)(=O)O)C(=O)Oc1ccccc1[N+](=O)[O-]. The van der Waals surface area contributed by atoms with Crippen molar-refractivity contribution in [1.82, 2.24) is 0 Å². The predicted molar refractivity (Wildman–Crippen MR) is 64.3 cm³/mol. The van der Waals surface area contributed by atoms with Gasteiger partial charge in [-0.3, -0.25) is 14.7 Å². The van der Waals surface area contributed by atoms with Gasteiger partial charge in [0.15, 0.2) is 0 Å². The van der Waals surface area contributed by atoms with E-state index < -0.39 is 38.0 Å². The summed E-state index contributed by atoms with van der Waals surface area (Å²) in [7, 11) is -4.42. The van der Waals surface area contributed by atoms with Crippen LogP contribution < -0.4 is 4.74 Å². The first-order valence-corrected chi connectivity index (χ1v) is 6.40. The predicted octanol–water partition coefficient (Wildman–Crippen LogP) is 0.944. The number of carbonyl (C=O) groups is 1. The van der Waals surface area contributed by atoms with E-state index in [1.807, 2.05) is 0 Å². The topological polar surface area (TPSA) is 124 Å². The maximum atomic E-state index is 11.4. The Labute approximate surface area is 108 Å². The van der Waals surface area contributed by atoms with Gasteiger partial charge in [-0.05, 0) is 6.07 Å². The van der Waals surface area contributed by atoms with Crippen LogP contribution in [0.5, 0.6) is 5.75 Å². The molecule has 0 saturated heterocycles. The standard InChI is InChI=1S/C10H9NO7S/c1-7(6-19(15,16)17)10(12)18-9-5-3-2-4-8(9)11(13)14/h2-5H,1,6H2,(H,15,16,17). The van der Waals surface area contributed by atoms with Gasteiger partial charge in [-0.25, -0.2) is 4.79 Å². The van der Waals surface area contributed by atoms with Crippen molar-refractivity contribution in [3.63, 3.8) is 0 Å². The number of carbonyl (C=O) groups excluding carboxylic acids is 1. The van der Waals surface area contributed by atoms with Crippen molar-refractivity contribution in [2.24, 2.45) is 0 Å². The van der Waals surface area contributed by atoms with Gasteiger partial charge in [0.2, 0.25) is 5.75 Å². The van der Waals surface area contributed by atoms with Gasteiger partial charge in [-0.15, -0.1) is 0 Å². The van der Waals surface area contributed by atoms with Crippen LogP contribution in [0.4, 0.5) is 5.69 Å². The van der Waals surface area contributed by atoms with Gasteiger partial charge in [0.05, 0.1) is 4.92 Å². The number of benzene rings is 1. The molecular formula is C10H9NO7S. The van der Waals surface area contributed by atoms with E-state index in [1.54, 1.807) is 0 Å². The number of nitro groups is 1. The molecule has 0 bridgehead atoms. The Kier molecular flexibility index (Phi) is 4.35. The molecule has 8 nitrogen and oxygen atoms in total. The van der Waals surface area contributed by atoms with Crippen molar-refractivity contribution in [1.29, 1.82) is 0 Å². The van der Waals surface area contributed by atoms with Crippen molar-refractivity contribution >= 4 is 21.8 Å². The molecule has 1 aromatic rings. The molecule has 0 aliphatic carbocycles.